The van der Waals surface area contributed by atoms with Gasteiger partial charge in [0.2, 0.25) is 5.88 Å². The number of nitrogens with two attached hydrogens (primary N) is 1. The molecule has 5 nitrogen and oxygen atoms in total. The van der Waals surface area contributed by atoms with Gasteiger partial charge >= 0.3 is 0 Å². The van der Waals surface area contributed by atoms with Gasteiger partial charge in [-0.25, -0.2) is 4.98 Å². The summed E-state index contributed by atoms with van der Waals surface area (Å²) in [4.78, 5) is 4.17. The lowest BCUT2D eigenvalue weighted by Crippen LogP contribution is -1.91. The monoisotopic (exact) mass is 204 g/mol. The highest BCUT2D eigenvalue weighted by Crippen LogP contribution is 2.22. The average molecular weight is 204 g/mol. The van der Waals surface area contributed by atoms with Crippen molar-refractivity contribution in [3.63, 3.8) is 0 Å². The van der Waals surface area contributed by atoms with Gasteiger partial charge in [0.1, 0.15) is 5.82 Å². The van der Waals surface area contributed by atoms with Crippen molar-refractivity contribution in [3.8, 4) is 17.1 Å². The predicted molar refractivity (Wildman–Crippen MR) is 57.5 cm³/mol. The van der Waals surface area contributed by atoms with Crippen molar-refractivity contribution in [2.75, 3.05) is 12.8 Å². The molecule has 0 bridgehead atoms. The fourth-order valence-electron chi connectivity index (χ4n) is 1.40. The van der Waals surface area contributed by atoms with Crippen molar-refractivity contribution in [2.24, 2.45) is 0 Å². The van der Waals surface area contributed by atoms with Crippen LogP contribution in [0.5, 0.6) is 5.88 Å². The van der Waals surface area contributed by atoms with E-state index in [9.17, 15) is 0 Å². The first-order chi connectivity index (χ1) is 7.20. The van der Waals surface area contributed by atoms with Crippen molar-refractivity contribution in [3.05, 3.63) is 23.9 Å². The number of pyridine rings is 1. The van der Waals surface area contributed by atoms with Gasteiger partial charge < -0.3 is 10.5 Å². The molecule has 0 saturated carbocycles. The van der Waals surface area contributed by atoms with Gasteiger partial charge in [-0.2, -0.15) is 5.10 Å². The fourth-order valence-corrected chi connectivity index (χ4v) is 1.40. The molecule has 3 N–H and O–H groups in total. The van der Waals surface area contributed by atoms with Gasteiger partial charge in [0.25, 0.3) is 0 Å². The van der Waals surface area contributed by atoms with Crippen LogP contribution in [0.15, 0.2) is 18.3 Å². The van der Waals surface area contributed by atoms with E-state index in [2.05, 4.69) is 15.2 Å². The fraction of sp³-hybridized carbons (Fsp3) is 0.200. The second-order valence-electron chi connectivity index (χ2n) is 3.26. The Labute approximate surface area is 87.3 Å². The van der Waals surface area contributed by atoms with Crippen molar-refractivity contribution in [1.29, 1.82) is 0 Å². The van der Waals surface area contributed by atoms with Crippen LogP contribution in [0.25, 0.3) is 11.3 Å². The van der Waals surface area contributed by atoms with Gasteiger partial charge in [0.15, 0.2) is 0 Å². The summed E-state index contributed by atoms with van der Waals surface area (Å²) in [5.74, 6) is 1.17. The van der Waals surface area contributed by atoms with Crippen LogP contribution in [0.3, 0.4) is 0 Å². The number of H-pyrrole nitrogens is 1. The number of ether oxygens (including phenoxy) is 1. The summed E-state index contributed by atoms with van der Waals surface area (Å²) in [7, 11) is 1.60. The molecule has 2 aromatic rings. The number of rotatable bonds is 2. The van der Waals surface area contributed by atoms with E-state index in [1.54, 1.807) is 19.4 Å². The largest absolute Gasteiger partial charge is 0.481 e. The molecule has 0 aliphatic rings. The van der Waals surface area contributed by atoms with Gasteiger partial charge in [-0.05, 0) is 13.0 Å². The Bertz CT molecular complexity index is 478. The van der Waals surface area contributed by atoms with Gasteiger partial charge in [-0.3, -0.25) is 5.10 Å². The minimum Gasteiger partial charge on any atom is -0.481 e. The lowest BCUT2D eigenvalue weighted by atomic mass is 10.1. The van der Waals surface area contributed by atoms with Crippen LogP contribution in [-0.2, 0) is 0 Å². The van der Waals surface area contributed by atoms with Crippen LogP contribution in [0.4, 0.5) is 5.82 Å². The first kappa shape index (κ1) is 9.51. The summed E-state index contributed by atoms with van der Waals surface area (Å²) >= 11 is 0. The highest BCUT2D eigenvalue weighted by Gasteiger charge is 2.06. The van der Waals surface area contributed by atoms with Crippen molar-refractivity contribution in [1.82, 2.24) is 15.2 Å². The summed E-state index contributed by atoms with van der Waals surface area (Å²) in [6.07, 6.45) is 1.71. The third-order valence-corrected chi connectivity index (χ3v) is 2.12. The number of aromatic amines is 1. The van der Waals surface area contributed by atoms with Crippen LogP contribution in [0, 0.1) is 6.92 Å². The minimum atomic E-state index is 0.540. The zero-order valence-electron chi connectivity index (χ0n) is 8.61. The summed E-state index contributed by atoms with van der Waals surface area (Å²) in [6.45, 7) is 1.94. The molecule has 5 heteroatoms. The number of aromatic nitrogens is 3. The van der Waals surface area contributed by atoms with Gasteiger partial charge in [0.05, 0.1) is 12.8 Å². The van der Waals surface area contributed by atoms with Crippen LogP contribution in [0.2, 0.25) is 0 Å². The molecular formula is C10H12N4O. The summed E-state index contributed by atoms with van der Waals surface area (Å²) in [5.41, 5.74) is 8.22. The maximum absolute atomic E-state index is 5.55. The maximum Gasteiger partial charge on any atom is 0.215 e. The molecule has 0 saturated heterocycles. The smallest absolute Gasteiger partial charge is 0.215 e. The summed E-state index contributed by atoms with van der Waals surface area (Å²) in [5, 5.41) is 6.74. The molecule has 0 radical (unpaired) electrons. The number of aryl methyl sites for hydroxylation is 1. The van der Waals surface area contributed by atoms with Gasteiger partial charge in [0, 0.05) is 23.4 Å². The average Bonchev–Trinajstić information content (AvgIpc) is 2.65. The lowest BCUT2D eigenvalue weighted by molar-refractivity contribution is 0.394. The Morgan fingerprint density at radius 3 is 2.73 bits per heavy atom. The van der Waals surface area contributed by atoms with Gasteiger partial charge in [-0.15, -0.1) is 0 Å². The highest BCUT2D eigenvalue weighted by molar-refractivity contribution is 5.62. The normalized spacial score (nSPS) is 10.3. The molecule has 0 amide bonds. The maximum atomic E-state index is 5.55. The second-order valence-corrected chi connectivity index (χ2v) is 3.26. The summed E-state index contributed by atoms with van der Waals surface area (Å²) < 4.78 is 5.08. The van der Waals surface area contributed by atoms with Crippen molar-refractivity contribution < 1.29 is 4.74 Å². The molecule has 2 aromatic heterocycles. The Hall–Kier alpha value is -2.04. The summed E-state index contributed by atoms with van der Waals surface area (Å²) in [6, 6.07) is 3.73. The molecule has 15 heavy (non-hydrogen) atoms. The zero-order chi connectivity index (χ0) is 10.8. The SMILES string of the molecule is COc1ncc(-c2cc(N)[nH]n2)cc1C. The molecule has 2 rings (SSSR count). The predicted octanol–water partition coefficient (Wildman–Crippen LogP) is 1.37. The lowest BCUT2D eigenvalue weighted by Gasteiger charge is -2.03. The van der Waals surface area contributed by atoms with E-state index in [0.29, 0.717) is 11.7 Å². The van der Waals surface area contributed by atoms with E-state index in [-0.39, 0.29) is 0 Å². The van der Waals surface area contributed by atoms with E-state index >= 15 is 0 Å². The van der Waals surface area contributed by atoms with E-state index in [4.69, 9.17) is 10.5 Å². The number of nitrogens with one attached hydrogen (secondary N) is 1. The van der Waals surface area contributed by atoms with Crippen molar-refractivity contribution in [2.45, 2.75) is 6.92 Å². The number of hydrogen-bond acceptors (Lipinski definition) is 4. The first-order valence-electron chi connectivity index (χ1n) is 4.52. The van der Waals surface area contributed by atoms with E-state index < -0.39 is 0 Å². The molecular weight excluding hydrogens is 192 g/mol. The molecule has 0 unspecified atom stereocenters. The molecule has 0 aliphatic carbocycles. The van der Waals surface area contributed by atoms with Crippen LogP contribution in [0.1, 0.15) is 5.56 Å². The first-order valence-corrected chi connectivity index (χ1v) is 4.52. The Morgan fingerprint density at radius 2 is 2.20 bits per heavy atom. The number of methoxy groups -OCH3 is 1. The minimum absolute atomic E-state index is 0.540. The van der Waals surface area contributed by atoms with E-state index in [0.717, 1.165) is 16.8 Å². The third-order valence-electron chi connectivity index (χ3n) is 2.12. The quantitative estimate of drug-likeness (QED) is 0.774. The van der Waals surface area contributed by atoms with Crippen LogP contribution in [-0.4, -0.2) is 22.3 Å². The third kappa shape index (κ3) is 1.76. The molecule has 0 aliphatic heterocycles. The molecule has 78 valence electrons. The number of anilines is 1. The molecule has 0 atom stereocenters. The van der Waals surface area contributed by atoms with E-state index in [1.807, 2.05) is 13.0 Å². The number of nitrogen functional groups attached to an aromatic ring is 1. The molecule has 0 spiro atoms. The molecule has 0 fully saturated rings. The van der Waals surface area contributed by atoms with E-state index in [1.165, 1.54) is 0 Å². The van der Waals surface area contributed by atoms with Gasteiger partial charge in [-0.1, -0.05) is 0 Å². The Balaban J connectivity index is 2.42. The molecule has 2 heterocycles. The Kier molecular flexibility index (Phi) is 2.29. The second kappa shape index (κ2) is 3.61. The zero-order valence-corrected chi connectivity index (χ0v) is 8.61. The van der Waals surface area contributed by atoms with Crippen LogP contribution < -0.4 is 10.5 Å². The number of hydrogen-bond donors (Lipinski definition) is 2. The van der Waals surface area contributed by atoms with Crippen LogP contribution >= 0.6 is 0 Å². The molecule has 0 aromatic carbocycles. The van der Waals surface area contributed by atoms with Crippen molar-refractivity contribution >= 4 is 5.82 Å². The number of nitrogens with zero attached hydrogens (tertiary/aromatic N) is 2. The Morgan fingerprint density at radius 1 is 1.40 bits per heavy atom. The standard InChI is InChI=1S/C10H12N4O/c1-6-3-7(5-12-10(6)15-2)8-4-9(11)14-13-8/h3-5H,1-2H3,(H3,11,13,14). The highest BCUT2D eigenvalue weighted by atomic mass is 16.5. The topological polar surface area (TPSA) is 76.8 Å².